The van der Waals surface area contributed by atoms with Gasteiger partial charge in [0.15, 0.2) is 0 Å². The van der Waals surface area contributed by atoms with Gasteiger partial charge in [0, 0.05) is 41.0 Å². The molecule has 3 aromatic carbocycles. The second-order valence-corrected chi connectivity index (χ2v) is 12.6. The lowest BCUT2D eigenvalue weighted by molar-refractivity contribution is -0.128. The van der Waals surface area contributed by atoms with Crippen molar-refractivity contribution in [1.82, 2.24) is 19.8 Å². The highest BCUT2D eigenvalue weighted by Crippen LogP contribution is 2.41. The lowest BCUT2D eigenvalue weighted by atomic mass is 9.95. The smallest absolute Gasteiger partial charge is 0.319 e. The SMILES string of the molecule is C=CC(=O)N1CCN(c2nc(OCC34CCCN3CCC4)nc3cc(-c4cccc5cccc(Cl)c45)c(F)cc23)C[C@@H]1CC#N. The summed E-state index contributed by atoms with van der Waals surface area (Å²) in [6.45, 7) is 7.47. The molecule has 8 nitrogen and oxygen atoms in total. The summed E-state index contributed by atoms with van der Waals surface area (Å²) < 4.78 is 22.6. The Morgan fingerprint density at radius 2 is 1.89 bits per heavy atom. The van der Waals surface area contributed by atoms with E-state index in [9.17, 15) is 10.1 Å². The zero-order valence-electron chi connectivity index (χ0n) is 25.0. The normalized spacial score (nSPS) is 19.5. The number of ether oxygens (including phenoxy) is 1. The molecular weight excluding hydrogens is 591 g/mol. The predicted molar refractivity (Wildman–Crippen MR) is 174 cm³/mol. The zero-order chi connectivity index (χ0) is 31.1. The molecule has 3 saturated heterocycles. The summed E-state index contributed by atoms with van der Waals surface area (Å²) in [4.78, 5) is 28.5. The Hall–Kier alpha value is -4.26. The Morgan fingerprint density at radius 3 is 2.64 bits per heavy atom. The third-order valence-corrected chi connectivity index (χ3v) is 10.1. The second kappa shape index (κ2) is 11.9. The number of carbonyl (C=O) groups excluding carboxylic acids is 1. The average molecular weight is 625 g/mol. The van der Waals surface area contributed by atoms with Crippen molar-refractivity contribution in [3.05, 3.63) is 72.0 Å². The number of piperazine rings is 1. The van der Waals surface area contributed by atoms with Crippen molar-refractivity contribution < 1.29 is 13.9 Å². The third-order valence-electron chi connectivity index (χ3n) is 9.74. The number of nitriles is 1. The number of nitrogens with zero attached hydrogens (tertiary/aromatic N) is 6. The molecule has 0 aliphatic carbocycles. The molecule has 10 heteroatoms. The minimum Gasteiger partial charge on any atom is -0.461 e. The van der Waals surface area contributed by atoms with Gasteiger partial charge >= 0.3 is 6.01 Å². The number of carbonyl (C=O) groups is 1. The number of hydrogen-bond donors (Lipinski definition) is 0. The van der Waals surface area contributed by atoms with E-state index in [1.54, 1.807) is 11.0 Å². The van der Waals surface area contributed by atoms with Gasteiger partial charge in [0.1, 0.15) is 18.2 Å². The van der Waals surface area contributed by atoms with Crippen LogP contribution in [0.1, 0.15) is 32.1 Å². The largest absolute Gasteiger partial charge is 0.461 e. The summed E-state index contributed by atoms with van der Waals surface area (Å²) in [6.07, 6.45) is 5.90. The first kappa shape index (κ1) is 29.5. The maximum atomic E-state index is 16.2. The summed E-state index contributed by atoms with van der Waals surface area (Å²) in [5, 5.41) is 12.3. The Labute approximate surface area is 266 Å². The topological polar surface area (TPSA) is 85.6 Å². The molecular formula is C35H34ClFN6O2. The molecule has 0 bridgehead atoms. The molecule has 0 unspecified atom stereocenters. The minimum atomic E-state index is -0.422. The number of rotatable bonds is 7. The lowest BCUT2D eigenvalue weighted by Gasteiger charge is -2.41. The molecule has 1 aromatic heterocycles. The number of benzene rings is 3. The number of aromatic nitrogens is 2. The second-order valence-electron chi connectivity index (χ2n) is 12.2. The maximum Gasteiger partial charge on any atom is 0.319 e. The van der Waals surface area contributed by atoms with Crippen LogP contribution in [-0.2, 0) is 4.79 Å². The number of hydrogen-bond acceptors (Lipinski definition) is 7. The number of anilines is 1. The standard InChI is InChI=1S/C35H34ClFN6O2/c1-2-31(44)43-18-17-41(21-24(43)11-14-38)33-27-19-29(37)26(25-9-3-7-23-8-4-10-28(36)32(23)25)20-30(27)39-34(40-33)45-22-35-12-5-15-42(35)16-6-13-35/h2-4,7-10,19-20,24H,1,5-6,11-13,15-18,21-22H2/t24-/m0/s1. The molecule has 230 valence electrons. The van der Waals surface area contributed by atoms with E-state index in [-0.39, 0.29) is 29.9 Å². The van der Waals surface area contributed by atoms with Crippen LogP contribution in [0.2, 0.25) is 5.02 Å². The molecule has 1 atom stereocenters. The van der Waals surface area contributed by atoms with Gasteiger partial charge in [-0.2, -0.15) is 15.2 Å². The first-order chi connectivity index (χ1) is 21.9. The minimum absolute atomic E-state index is 0.000701. The van der Waals surface area contributed by atoms with E-state index < -0.39 is 5.82 Å². The van der Waals surface area contributed by atoms with Gasteiger partial charge in [0.05, 0.1) is 29.6 Å². The van der Waals surface area contributed by atoms with E-state index in [1.807, 2.05) is 41.3 Å². The quantitative estimate of drug-likeness (QED) is 0.221. The van der Waals surface area contributed by atoms with Crippen molar-refractivity contribution in [3.63, 3.8) is 0 Å². The van der Waals surface area contributed by atoms with Gasteiger partial charge in [0.2, 0.25) is 5.91 Å². The summed E-state index contributed by atoms with van der Waals surface area (Å²) in [7, 11) is 0. The number of halogens is 2. The summed E-state index contributed by atoms with van der Waals surface area (Å²) in [6, 6.07) is 16.7. The van der Waals surface area contributed by atoms with Crippen LogP contribution in [0.5, 0.6) is 6.01 Å². The van der Waals surface area contributed by atoms with E-state index in [1.165, 1.54) is 12.1 Å². The monoisotopic (exact) mass is 624 g/mol. The van der Waals surface area contributed by atoms with Crippen molar-refractivity contribution in [2.75, 3.05) is 44.2 Å². The van der Waals surface area contributed by atoms with E-state index in [0.29, 0.717) is 59.1 Å². The van der Waals surface area contributed by atoms with E-state index in [2.05, 4.69) is 17.5 Å². The third kappa shape index (κ3) is 5.26. The molecule has 1 amide bonds. The molecule has 0 spiro atoms. The molecule has 3 fully saturated rings. The molecule has 0 N–H and O–H groups in total. The average Bonchev–Trinajstić information content (AvgIpc) is 3.64. The fraction of sp³-hybridized carbons (Fsp3) is 0.371. The lowest BCUT2D eigenvalue weighted by Crippen LogP contribution is -2.55. The maximum absolute atomic E-state index is 16.2. The van der Waals surface area contributed by atoms with Crippen LogP contribution >= 0.6 is 11.6 Å². The molecule has 3 aliphatic heterocycles. The predicted octanol–water partition coefficient (Wildman–Crippen LogP) is 6.37. The highest BCUT2D eigenvalue weighted by molar-refractivity contribution is 6.36. The van der Waals surface area contributed by atoms with Gasteiger partial charge in [-0.05, 0) is 74.0 Å². The van der Waals surface area contributed by atoms with Crippen LogP contribution in [0.15, 0.2) is 61.2 Å². The Balaban J connectivity index is 1.33. The van der Waals surface area contributed by atoms with Gasteiger partial charge < -0.3 is 14.5 Å². The van der Waals surface area contributed by atoms with Crippen molar-refractivity contribution in [2.45, 2.75) is 43.7 Å². The van der Waals surface area contributed by atoms with Crippen molar-refractivity contribution in [2.24, 2.45) is 0 Å². The van der Waals surface area contributed by atoms with E-state index in [4.69, 9.17) is 26.3 Å². The van der Waals surface area contributed by atoms with Crippen molar-refractivity contribution in [1.29, 1.82) is 5.26 Å². The molecule has 0 saturated carbocycles. The summed E-state index contributed by atoms with van der Waals surface area (Å²) >= 11 is 6.63. The van der Waals surface area contributed by atoms with Crippen molar-refractivity contribution in [3.8, 4) is 23.2 Å². The van der Waals surface area contributed by atoms with Gasteiger partial charge in [-0.1, -0.05) is 48.5 Å². The zero-order valence-corrected chi connectivity index (χ0v) is 25.8. The van der Waals surface area contributed by atoms with Crippen LogP contribution in [0.4, 0.5) is 10.2 Å². The first-order valence-electron chi connectivity index (χ1n) is 15.5. The Bertz CT molecular complexity index is 1840. The van der Waals surface area contributed by atoms with Crippen LogP contribution in [0, 0.1) is 17.1 Å². The Kier molecular flexibility index (Phi) is 7.80. The number of fused-ring (bicyclic) bond motifs is 3. The molecule has 3 aliphatic rings. The molecule has 45 heavy (non-hydrogen) atoms. The van der Waals surface area contributed by atoms with Crippen molar-refractivity contribution >= 4 is 45.0 Å². The summed E-state index contributed by atoms with van der Waals surface area (Å²) in [5.41, 5.74) is 1.61. The fourth-order valence-corrected chi connectivity index (χ4v) is 7.82. The van der Waals surface area contributed by atoms with Crippen LogP contribution < -0.4 is 9.64 Å². The Morgan fingerprint density at radius 1 is 1.11 bits per heavy atom. The number of amides is 1. The van der Waals surface area contributed by atoms with Gasteiger partial charge in [-0.15, -0.1) is 0 Å². The van der Waals surface area contributed by atoms with E-state index in [0.717, 1.165) is 49.5 Å². The summed E-state index contributed by atoms with van der Waals surface area (Å²) in [5.74, 6) is -0.112. The molecule has 7 rings (SSSR count). The fourth-order valence-electron chi connectivity index (χ4n) is 7.54. The van der Waals surface area contributed by atoms with Gasteiger partial charge in [0.25, 0.3) is 0 Å². The van der Waals surface area contributed by atoms with Crippen LogP contribution in [0.3, 0.4) is 0 Å². The van der Waals surface area contributed by atoms with Crippen LogP contribution in [0.25, 0.3) is 32.8 Å². The van der Waals surface area contributed by atoms with Crippen LogP contribution in [-0.4, -0.2) is 76.6 Å². The van der Waals surface area contributed by atoms with E-state index >= 15 is 4.39 Å². The molecule has 0 radical (unpaired) electrons. The highest BCUT2D eigenvalue weighted by Gasteiger charge is 2.45. The molecule has 4 heterocycles. The molecule has 4 aromatic rings. The van der Waals surface area contributed by atoms with Gasteiger partial charge in [-0.3, -0.25) is 9.69 Å². The van der Waals surface area contributed by atoms with Gasteiger partial charge in [-0.25, -0.2) is 4.39 Å². The first-order valence-corrected chi connectivity index (χ1v) is 15.9. The highest BCUT2D eigenvalue weighted by atomic mass is 35.5.